The van der Waals surface area contributed by atoms with E-state index in [4.69, 9.17) is 15.2 Å². The largest absolute Gasteiger partial charge is 0.492 e. The molecule has 0 amide bonds. The number of aryl methyl sites for hydroxylation is 1. The van der Waals surface area contributed by atoms with Crippen LogP contribution in [-0.2, 0) is 4.74 Å². The van der Waals surface area contributed by atoms with Gasteiger partial charge < -0.3 is 30.4 Å². The van der Waals surface area contributed by atoms with E-state index in [1.165, 1.54) is 4.57 Å². The average Bonchev–Trinajstić information content (AvgIpc) is 3.26. The summed E-state index contributed by atoms with van der Waals surface area (Å²) >= 11 is 0. The predicted molar refractivity (Wildman–Crippen MR) is 111 cm³/mol. The highest BCUT2D eigenvalue weighted by molar-refractivity contribution is 5.85. The standard InChI is InChI=1S/C21H26N4O5/c1-11-4-3-5-15(29-7-6-22)17(11)14-8-13-9-25(21(28)24-19(13)23-14)20-12(2)18(27)16(10-26)30-20/h3-5,8-9,12,16,18,20,26-27H,6-7,10,22H2,1-2H3,(H,23,24,28). The summed E-state index contributed by atoms with van der Waals surface area (Å²) in [6, 6.07) is 7.67. The summed E-state index contributed by atoms with van der Waals surface area (Å²) in [6.45, 7) is 4.23. The molecular formula is C21H26N4O5. The summed E-state index contributed by atoms with van der Waals surface area (Å²) in [5, 5.41) is 20.3. The Morgan fingerprint density at radius 3 is 2.90 bits per heavy atom. The normalized spacial score (nSPS) is 23.9. The number of aliphatic hydroxyl groups excluding tert-OH is 2. The van der Waals surface area contributed by atoms with Crippen LogP contribution >= 0.6 is 0 Å². The second kappa shape index (κ2) is 8.19. The van der Waals surface area contributed by atoms with Crippen LogP contribution in [0, 0.1) is 12.8 Å². The fourth-order valence-electron chi connectivity index (χ4n) is 3.96. The van der Waals surface area contributed by atoms with Crippen molar-refractivity contribution < 1.29 is 19.7 Å². The van der Waals surface area contributed by atoms with Gasteiger partial charge in [0.1, 0.15) is 30.3 Å². The van der Waals surface area contributed by atoms with E-state index in [1.807, 2.05) is 31.2 Å². The molecule has 2 aromatic heterocycles. The summed E-state index contributed by atoms with van der Waals surface area (Å²) < 4.78 is 12.9. The van der Waals surface area contributed by atoms with Crippen LogP contribution in [-0.4, -0.2) is 56.7 Å². The number of ether oxygens (including phenoxy) is 2. The lowest BCUT2D eigenvalue weighted by atomic mass is 10.0. The number of fused-ring (bicyclic) bond motifs is 1. The maximum atomic E-state index is 12.7. The zero-order chi connectivity index (χ0) is 21.4. The highest BCUT2D eigenvalue weighted by atomic mass is 16.5. The third-order valence-corrected chi connectivity index (χ3v) is 5.55. The van der Waals surface area contributed by atoms with Gasteiger partial charge in [-0.2, -0.15) is 4.98 Å². The molecule has 5 N–H and O–H groups in total. The fraction of sp³-hybridized carbons (Fsp3) is 0.429. The van der Waals surface area contributed by atoms with Crippen molar-refractivity contribution in [1.82, 2.24) is 14.5 Å². The second-order valence-corrected chi connectivity index (χ2v) is 7.60. The van der Waals surface area contributed by atoms with Gasteiger partial charge in [0.15, 0.2) is 0 Å². The van der Waals surface area contributed by atoms with E-state index in [1.54, 1.807) is 13.1 Å². The van der Waals surface area contributed by atoms with Gasteiger partial charge in [0.25, 0.3) is 0 Å². The summed E-state index contributed by atoms with van der Waals surface area (Å²) in [5.41, 5.74) is 8.18. The minimum atomic E-state index is -0.862. The van der Waals surface area contributed by atoms with Crippen LogP contribution in [0.5, 0.6) is 5.75 Å². The van der Waals surface area contributed by atoms with Crippen molar-refractivity contribution in [2.75, 3.05) is 19.8 Å². The van der Waals surface area contributed by atoms with Crippen molar-refractivity contribution in [3.05, 3.63) is 46.5 Å². The minimum Gasteiger partial charge on any atom is -0.492 e. The number of aromatic nitrogens is 3. The Bertz CT molecular complexity index is 1110. The summed E-state index contributed by atoms with van der Waals surface area (Å²) in [5.74, 6) is 0.328. The second-order valence-electron chi connectivity index (χ2n) is 7.60. The highest BCUT2D eigenvalue weighted by Gasteiger charge is 2.42. The average molecular weight is 414 g/mol. The Morgan fingerprint density at radius 1 is 1.40 bits per heavy atom. The predicted octanol–water partition coefficient (Wildman–Crippen LogP) is 0.924. The number of hydrogen-bond donors (Lipinski definition) is 4. The van der Waals surface area contributed by atoms with E-state index >= 15 is 0 Å². The topological polar surface area (TPSA) is 136 Å². The first-order valence-corrected chi connectivity index (χ1v) is 9.93. The molecule has 9 nitrogen and oxygen atoms in total. The van der Waals surface area contributed by atoms with Crippen LogP contribution in [0.25, 0.3) is 22.3 Å². The Kier molecular flexibility index (Phi) is 5.61. The number of nitrogens with one attached hydrogen (secondary N) is 1. The van der Waals surface area contributed by atoms with Gasteiger partial charge >= 0.3 is 5.69 Å². The molecule has 1 aliphatic rings. The molecule has 0 aliphatic carbocycles. The number of aliphatic hydroxyl groups is 2. The number of hydrogen-bond acceptors (Lipinski definition) is 7. The summed E-state index contributed by atoms with van der Waals surface area (Å²) in [4.78, 5) is 20.0. The maximum absolute atomic E-state index is 12.7. The molecule has 4 rings (SSSR count). The van der Waals surface area contributed by atoms with Crippen molar-refractivity contribution in [2.24, 2.45) is 11.7 Å². The van der Waals surface area contributed by atoms with E-state index in [0.29, 0.717) is 24.5 Å². The van der Waals surface area contributed by atoms with Gasteiger partial charge in [0, 0.05) is 29.6 Å². The molecule has 0 radical (unpaired) electrons. The molecule has 0 bridgehead atoms. The van der Waals surface area contributed by atoms with Gasteiger partial charge in [-0.25, -0.2) is 4.79 Å². The molecule has 4 atom stereocenters. The van der Waals surface area contributed by atoms with Gasteiger partial charge in [0.2, 0.25) is 0 Å². The molecule has 3 heterocycles. The quantitative estimate of drug-likeness (QED) is 0.471. The Morgan fingerprint density at radius 2 is 2.20 bits per heavy atom. The highest BCUT2D eigenvalue weighted by Crippen LogP contribution is 2.36. The molecule has 0 saturated carbocycles. The van der Waals surface area contributed by atoms with Crippen LogP contribution in [0.2, 0.25) is 0 Å². The van der Waals surface area contributed by atoms with Crippen LogP contribution in [0.1, 0.15) is 18.7 Å². The number of H-pyrrole nitrogens is 1. The van der Waals surface area contributed by atoms with Crippen molar-refractivity contribution in [2.45, 2.75) is 32.3 Å². The molecule has 4 unspecified atom stereocenters. The van der Waals surface area contributed by atoms with Gasteiger partial charge in [-0.05, 0) is 24.6 Å². The van der Waals surface area contributed by atoms with Gasteiger partial charge in [-0.3, -0.25) is 4.57 Å². The monoisotopic (exact) mass is 414 g/mol. The van der Waals surface area contributed by atoms with Crippen LogP contribution in [0.3, 0.4) is 0 Å². The zero-order valence-electron chi connectivity index (χ0n) is 16.9. The number of nitrogens with two attached hydrogens (primary N) is 1. The first kappa shape index (κ1) is 20.5. The molecule has 1 fully saturated rings. The maximum Gasteiger partial charge on any atom is 0.351 e. The number of aromatic amines is 1. The lowest BCUT2D eigenvalue weighted by Crippen LogP contribution is -2.30. The number of nitrogens with zero attached hydrogens (tertiary/aromatic N) is 2. The fourth-order valence-corrected chi connectivity index (χ4v) is 3.96. The smallest absolute Gasteiger partial charge is 0.351 e. The van der Waals surface area contributed by atoms with E-state index in [0.717, 1.165) is 22.2 Å². The Balaban J connectivity index is 1.76. The van der Waals surface area contributed by atoms with Crippen molar-refractivity contribution in [1.29, 1.82) is 0 Å². The van der Waals surface area contributed by atoms with Crippen molar-refractivity contribution in [3.63, 3.8) is 0 Å². The third kappa shape index (κ3) is 3.50. The number of rotatable bonds is 6. The molecular weight excluding hydrogens is 388 g/mol. The third-order valence-electron chi connectivity index (χ3n) is 5.55. The molecule has 9 heteroatoms. The summed E-state index contributed by atoms with van der Waals surface area (Å²) in [6.07, 6.45) is -0.638. The lowest BCUT2D eigenvalue weighted by Gasteiger charge is -2.17. The van der Waals surface area contributed by atoms with Gasteiger partial charge in [-0.1, -0.05) is 19.1 Å². The van der Waals surface area contributed by atoms with Crippen LogP contribution in [0.4, 0.5) is 0 Å². The molecule has 1 aliphatic heterocycles. The van der Waals surface area contributed by atoms with E-state index in [2.05, 4.69) is 9.97 Å². The molecule has 30 heavy (non-hydrogen) atoms. The summed E-state index contributed by atoms with van der Waals surface area (Å²) in [7, 11) is 0. The lowest BCUT2D eigenvalue weighted by molar-refractivity contribution is -0.0474. The molecule has 0 spiro atoms. The Hall–Kier alpha value is -2.72. The molecule has 1 aromatic carbocycles. The van der Waals surface area contributed by atoms with Crippen LogP contribution < -0.4 is 16.2 Å². The Labute approximate surface area is 173 Å². The molecule has 160 valence electrons. The van der Waals surface area contributed by atoms with Gasteiger partial charge in [0.05, 0.1) is 18.4 Å². The zero-order valence-corrected chi connectivity index (χ0v) is 16.9. The van der Waals surface area contributed by atoms with Crippen molar-refractivity contribution >= 4 is 11.0 Å². The van der Waals surface area contributed by atoms with E-state index in [-0.39, 0.29) is 12.5 Å². The minimum absolute atomic E-state index is 0.320. The van der Waals surface area contributed by atoms with Gasteiger partial charge in [-0.15, -0.1) is 0 Å². The molecule has 3 aromatic rings. The van der Waals surface area contributed by atoms with Crippen molar-refractivity contribution in [3.8, 4) is 17.0 Å². The van der Waals surface area contributed by atoms with E-state index < -0.39 is 24.1 Å². The number of benzene rings is 1. The molecule has 1 saturated heterocycles. The SMILES string of the molecule is Cc1cccc(OCCN)c1-c1cc2cn(C3OC(CO)C(O)C3C)c(=O)nc2[nH]1. The van der Waals surface area contributed by atoms with E-state index in [9.17, 15) is 15.0 Å². The first-order valence-electron chi connectivity index (χ1n) is 9.93. The van der Waals surface area contributed by atoms with Crippen LogP contribution in [0.15, 0.2) is 35.3 Å². The first-order chi connectivity index (χ1) is 14.4.